The molecule has 0 unspecified atom stereocenters. The Morgan fingerprint density at radius 2 is 1.68 bits per heavy atom. The molecular weight excluding hydrogens is 578 g/mol. The topological polar surface area (TPSA) is 115 Å². The average molecular weight is 624 g/mol. The summed E-state index contributed by atoms with van der Waals surface area (Å²) in [4.78, 5) is 30.3. The Balaban J connectivity index is 1.55. The first kappa shape index (κ1) is 33.4. The molecule has 0 fully saturated rings. The van der Waals surface area contributed by atoms with Gasteiger partial charge in [0.2, 0.25) is 5.91 Å². The third-order valence-electron chi connectivity index (χ3n) is 8.21. The minimum atomic E-state index is -4.20. The minimum absolute atomic E-state index is 0.202. The highest BCUT2D eigenvalue weighted by Crippen LogP contribution is 2.41. The van der Waals surface area contributed by atoms with E-state index in [9.17, 15) is 22.6 Å². The van der Waals surface area contributed by atoms with E-state index in [0.29, 0.717) is 43.5 Å². The van der Waals surface area contributed by atoms with Gasteiger partial charge in [-0.1, -0.05) is 19.9 Å². The van der Waals surface area contributed by atoms with Crippen molar-refractivity contribution in [3.63, 3.8) is 0 Å². The number of unbranched alkanes of at least 4 members (excludes halogenated alkanes) is 1. The standard InChI is InChI=1S/C34H45N3O6S/c1-6-14-36(15-7-2)32(38)11-10-17-37-30-23-31-27(21-28(30)25(3)24-34(37,4)5)22-29(33(39)43-31)26-12-18-35(19-13-26)16-8-9-20-44(40,41)42/h12-13,18-19,21-24H,6-11,14-17,20H2,1-5H3. The molecule has 0 aliphatic carbocycles. The maximum atomic E-state index is 13.2. The molecule has 1 aliphatic heterocycles. The van der Waals surface area contributed by atoms with E-state index in [4.69, 9.17) is 4.42 Å². The molecule has 3 heterocycles. The van der Waals surface area contributed by atoms with E-state index in [1.807, 2.05) is 46.1 Å². The summed E-state index contributed by atoms with van der Waals surface area (Å²) in [6, 6.07) is 9.57. The Morgan fingerprint density at radius 1 is 1.02 bits per heavy atom. The van der Waals surface area contributed by atoms with Gasteiger partial charge in [-0.15, -0.1) is 0 Å². The van der Waals surface area contributed by atoms with E-state index in [2.05, 4.69) is 51.7 Å². The van der Waals surface area contributed by atoms with Crippen LogP contribution in [0.15, 0.2) is 58.0 Å². The Morgan fingerprint density at radius 3 is 2.32 bits per heavy atom. The highest BCUT2D eigenvalue weighted by molar-refractivity contribution is 7.85. The number of benzene rings is 1. The number of nitrogens with zero attached hydrogens (tertiary/aromatic N) is 3. The second-order valence-electron chi connectivity index (χ2n) is 12.3. The van der Waals surface area contributed by atoms with E-state index in [1.165, 1.54) is 0 Å². The predicted octanol–water partition coefficient (Wildman–Crippen LogP) is 5.50. The van der Waals surface area contributed by atoms with E-state index >= 15 is 0 Å². The van der Waals surface area contributed by atoms with Gasteiger partial charge in [0.25, 0.3) is 0 Å². The summed E-state index contributed by atoms with van der Waals surface area (Å²) in [6.45, 7) is 13.5. The number of carbonyl (C=O) groups is 1. The van der Waals surface area contributed by atoms with Crippen molar-refractivity contribution in [2.75, 3.05) is 30.3 Å². The van der Waals surface area contributed by atoms with Gasteiger partial charge in [0.1, 0.15) is 12.1 Å². The highest BCUT2D eigenvalue weighted by atomic mass is 32.2. The molecule has 0 saturated carbocycles. The molecule has 1 aliphatic rings. The number of hydrogen-bond acceptors (Lipinski definition) is 7. The summed E-state index contributed by atoms with van der Waals surface area (Å²) < 4.78 is 40.2. The minimum Gasteiger partial charge on any atom is -0.748 e. The maximum Gasteiger partial charge on any atom is 0.344 e. The van der Waals surface area contributed by atoms with Crippen LogP contribution in [0, 0.1) is 0 Å². The fraction of sp³-hybridized carbons (Fsp3) is 0.500. The zero-order valence-corrected chi connectivity index (χ0v) is 27.4. The number of aryl methyl sites for hydroxylation is 1. The number of carbonyl (C=O) groups excluding carboxylic acids is 1. The molecule has 44 heavy (non-hydrogen) atoms. The van der Waals surface area contributed by atoms with Gasteiger partial charge in [-0.3, -0.25) is 4.79 Å². The molecule has 1 aromatic carbocycles. The number of hydrogen-bond donors (Lipinski definition) is 0. The fourth-order valence-electron chi connectivity index (χ4n) is 6.11. The van der Waals surface area contributed by atoms with Crippen LogP contribution < -0.4 is 15.1 Å². The van der Waals surface area contributed by atoms with Crippen LogP contribution in [0.5, 0.6) is 0 Å². The molecule has 0 saturated heterocycles. The van der Waals surface area contributed by atoms with Gasteiger partial charge in [0.15, 0.2) is 12.4 Å². The van der Waals surface area contributed by atoms with Gasteiger partial charge >= 0.3 is 5.63 Å². The molecule has 1 amide bonds. The van der Waals surface area contributed by atoms with Gasteiger partial charge in [-0.05, 0) is 64.2 Å². The first-order valence-electron chi connectivity index (χ1n) is 15.6. The Bertz CT molecular complexity index is 1670. The lowest BCUT2D eigenvalue weighted by atomic mass is 9.87. The summed E-state index contributed by atoms with van der Waals surface area (Å²) >= 11 is 0. The van der Waals surface area contributed by atoms with Crippen LogP contribution in [0.1, 0.15) is 78.7 Å². The number of fused-ring (bicyclic) bond motifs is 2. The number of aromatic nitrogens is 1. The number of amides is 1. The zero-order valence-electron chi connectivity index (χ0n) is 26.6. The van der Waals surface area contributed by atoms with E-state index in [-0.39, 0.29) is 17.2 Å². The number of allylic oxidation sites excluding steroid dienone is 1. The lowest BCUT2D eigenvalue weighted by molar-refractivity contribution is -0.697. The summed E-state index contributed by atoms with van der Waals surface area (Å²) in [7, 11) is -4.20. The molecule has 0 bridgehead atoms. The Labute approximate surface area is 260 Å². The molecule has 10 heteroatoms. The average Bonchev–Trinajstić information content (AvgIpc) is 2.95. The van der Waals surface area contributed by atoms with Gasteiger partial charge in [-0.2, -0.15) is 0 Å². The molecule has 9 nitrogen and oxygen atoms in total. The molecule has 0 spiro atoms. The molecule has 238 valence electrons. The van der Waals surface area contributed by atoms with Crippen molar-refractivity contribution in [1.29, 1.82) is 0 Å². The number of rotatable bonds is 14. The smallest absolute Gasteiger partial charge is 0.344 e. The largest absolute Gasteiger partial charge is 0.748 e. The van der Waals surface area contributed by atoms with Crippen molar-refractivity contribution in [3.05, 3.63) is 64.8 Å². The van der Waals surface area contributed by atoms with E-state index in [0.717, 1.165) is 60.1 Å². The monoisotopic (exact) mass is 623 g/mol. The summed E-state index contributed by atoms with van der Waals surface area (Å²) in [5.41, 5.74) is 4.21. The van der Waals surface area contributed by atoms with Crippen molar-refractivity contribution in [1.82, 2.24) is 4.90 Å². The Hall–Kier alpha value is -3.50. The third kappa shape index (κ3) is 8.15. The van der Waals surface area contributed by atoms with Crippen LogP contribution in [-0.4, -0.2) is 54.7 Å². The van der Waals surface area contributed by atoms with Gasteiger partial charge in [0.05, 0.1) is 21.2 Å². The van der Waals surface area contributed by atoms with Crippen molar-refractivity contribution >= 4 is 38.3 Å². The summed E-state index contributed by atoms with van der Waals surface area (Å²) in [5.74, 6) is -0.165. The van der Waals surface area contributed by atoms with E-state index < -0.39 is 15.7 Å². The molecule has 0 N–H and O–H groups in total. The molecule has 3 aromatic rings. The van der Waals surface area contributed by atoms with Crippen molar-refractivity contribution < 1.29 is 26.7 Å². The highest BCUT2D eigenvalue weighted by Gasteiger charge is 2.32. The van der Waals surface area contributed by atoms with Gasteiger partial charge in [-0.25, -0.2) is 17.8 Å². The van der Waals surface area contributed by atoms with E-state index in [1.54, 1.807) is 0 Å². The van der Waals surface area contributed by atoms with Crippen LogP contribution in [0.2, 0.25) is 0 Å². The second kappa shape index (κ2) is 14.1. The molecule has 4 rings (SSSR count). The zero-order chi connectivity index (χ0) is 32.1. The normalized spacial score (nSPS) is 14.4. The lowest BCUT2D eigenvalue weighted by Crippen LogP contribution is -2.46. The van der Waals surface area contributed by atoms with Crippen LogP contribution in [0.3, 0.4) is 0 Å². The maximum absolute atomic E-state index is 13.2. The fourth-order valence-corrected chi connectivity index (χ4v) is 6.67. The predicted molar refractivity (Wildman–Crippen MR) is 173 cm³/mol. The summed E-state index contributed by atoms with van der Waals surface area (Å²) in [5, 5.41) is 0.825. The molecular formula is C34H45N3O6S. The molecule has 0 radical (unpaired) electrons. The molecule has 2 aromatic heterocycles. The first-order chi connectivity index (χ1) is 20.8. The lowest BCUT2D eigenvalue weighted by Gasteiger charge is -2.43. The van der Waals surface area contributed by atoms with Crippen LogP contribution >= 0.6 is 0 Å². The second-order valence-corrected chi connectivity index (χ2v) is 13.8. The van der Waals surface area contributed by atoms with Gasteiger partial charge in [0, 0.05) is 78.6 Å². The van der Waals surface area contributed by atoms with Crippen molar-refractivity contribution in [2.45, 2.75) is 85.2 Å². The van der Waals surface area contributed by atoms with Crippen LogP contribution in [0.4, 0.5) is 5.69 Å². The SMILES string of the molecule is CCCN(CCC)C(=O)CCCN1c2cc3oc(=O)c(-c4cc[n+](CCCCS(=O)(=O)[O-])cc4)cc3cc2C(C)=CC1(C)C. The van der Waals surface area contributed by atoms with Crippen molar-refractivity contribution in [2.24, 2.45) is 0 Å². The number of anilines is 1. The third-order valence-corrected chi connectivity index (χ3v) is 9.00. The summed E-state index contributed by atoms with van der Waals surface area (Å²) in [6.07, 6.45) is 9.91. The molecule has 0 atom stereocenters. The number of pyridine rings is 1. The van der Waals surface area contributed by atoms with Gasteiger partial charge < -0.3 is 18.8 Å². The quantitative estimate of drug-likeness (QED) is 0.101. The van der Waals surface area contributed by atoms with Crippen LogP contribution in [-0.2, 0) is 21.5 Å². The first-order valence-corrected chi connectivity index (χ1v) is 17.2. The van der Waals surface area contributed by atoms with Crippen LogP contribution in [0.25, 0.3) is 27.7 Å². The van der Waals surface area contributed by atoms with Crippen molar-refractivity contribution in [3.8, 4) is 11.1 Å². The Kier molecular flexibility index (Phi) is 10.7.